The summed E-state index contributed by atoms with van der Waals surface area (Å²) in [7, 11) is 0. The Kier molecular flexibility index (Phi) is 5.44. The average molecular weight is 248 g/mol. The first-order valence-corrected chi connectivity index (χ1v) is 5.47. The van der Waals surface area contributed by atoms with E-state index < -0.39 is 23.6 Å². The SMILES string of the molecule is CCCOCCC(O)c1ccc(F)c(F)c1F. The molecule has 0 spiro atoms. The first kappa shape index (κ1) is 14.0. The van der Waals surface area contributed by atoms with Gasteiger partial charge in [-0.2, -0.15) is 0 Å². The second kappa shape index (κ2) is 6.61. The van der Waals surface area contributed by atoms with Gasteiger partial charge >= 0.3 is 0 Å². The molecule has 0 saturated carbocycles. The third-order valence-corrected chi connectivity index (χ3v) is 2.31. The van der Waals surface area contributed by atoms with Gasteiger partial charge in [0.15, 0.2) is 17.5 Å². The van der Waals surface area contributed by atoms with Crippen molar-refractivity contribution >= 4 is 0 Å². The molecule has 0 aromatic heterocycles. The summed E-state index contributed by atoms with van der Waals surface area (Å²) < 4.78 is 43.9. The molecule has 1 aromatic carbocycles. The van der Waals surface area contributed by atoms with E-state index in [0.29, 0.717) is 6.61 Å². The van der Waals surface area contributed by atoms with Crippen LogP contribution in [0.3, 0.4) is 0 Å². The van der Waals surface area contributed by atoms with E-state index in [-0.39, 0.29) is 18.6 Å². The van der Waals surface area contributed by atoms with Crippen molar-refractivity contribution in [1.29, 1.82) is 0 Å². The van der Waals surface area contributed by atoms with E-state index >= 15 is 0 Å². The monoisotopic (exact) mass is 248 g/mol. The lowest BCUT2D eigenvalue weighted by molar-refractivity contribution is 0.0802. The zero-order valence-corrected chi connectivity index (χ0v) is 9.55. The van der Waals surface area contributed by atoms with Crippen molar-refractivity contribution in [2.75, 3.05) is 13.2 Å². The number of benzene rings is 1. The van der Waals surface area contributed by atoms with Gasteiger partial charge in [-0.1, -0.05) is 13.0 Å². The van der Waals surface area contributed by atoms with Gasteiger partial charge in [0.2, 0.25) is 0 Å². The molecule has 0 bridgehead atoms. The van der Waals surface area contributed by atoms with Gasteiger partial charge in [-0.15, -0.1) is 0 Å². The van der Waals surface area contributed by atoms with E-state index in [1.54, 1.807) is 0 Å². The molecule has 1 aromatic rings. The van der Waals surface area contributed by atoms with Crippen LogP contribution in [0.25, 0.3) is 0 Å². The van der Waals surface area contributed by atoms with Gasteiger partial charge in [-0.3, -0.25) is 0 Å². The molecule has 0 fully saturated rings. The molecule has 0 radical (unpaired) electrons. The number of hydrogen-bond donors (Lipinski definition) is 1. The molecule has 17 heavy (non-hydrogen) atoms. The summed E-state index contributed by atoms with van der Waals surface area (Å²) in [6.07, 6.45) is -0.209. The molecule has 0 amide bonds. The Morgan fingerprint density at radius 2 is 1.88 bits per heavy atom. The number of rotatable bonds is 6. The van der Waals surface area contributed by atoms with Crippen LogP contribution in [-0.2, 0) is 4.74 Å². The highest BCUT2D eigenvalue weighted by Gasteiger charge is 2.18. The van der Waals surface area contributed by atoms with Gasteiger partial charge in [-0.05, 0) is 12.5 Å². The van der Waals surface area contributed by atoms with Gasteiger partial charge in [-0.25, -0.2) is 13.2 Å². The van der Waals surface area contributed by atoms with E-state index in [1.165, 1.54) is 0 Å². The lowest BCUT2D eigenvalue weighted by Gasteiger charge is -2.12. The fourth-order valence-electron chi connectivity index (χ4n) is 1.40. The highest BCUT2D eigenvalue weighted by Crippen LogP contribution is 2.23. The summed E-state index contributed by atoms with van der Waals surface area (Å²) in [5, 5.41) is 9.61. The minimum absolute atomic E-state index is 0.141. The quantitative estimate of drug-likeness (QED) is 0.619. The molecule has 0 aliphatic heterocycles. The first-order valence-electron chi connectivity index (χ1n) is 5.47. The maximum Gasteiger partial charge on any atom is 0.194 e. The zero-order valence-electron chi connectivity index (χ0n) is 9.55. The van der Waals surface area contributed by atoms with Gasteiger partial charge in [0.05, 0.1) is 6.10 Å². The Labute approximate surface area is 98.0 Å². The average Bonchev–Trinajstić information content (AvgIpc) is 2.31. The van der Waals surface area contributed by atoms with Crippen LogP contribution in [0.4, 0.5) is 13.2 Å². The zero-order chi connectivity index (χ0) is 12.8. The third kappa shape index (κ3) is 3.71. The molecule has 1 atom stereocenters. The molecular weight excluding hydrogens is 233 g/mol. The fourth-order valence-corrected chi connectivity index (χ4v) is 1.40. The molecule has 5 heteroatoms. The van der Waals surface area contributed by atoms with E-state index in [2.05, 4.69) is 0 Å². The van der Waals surface area contributed by atoms with Gasteiger partial charge in [0.25, 0.3) is 0 Å². The van der Waals surface area contributed by atoms with Crippen molar-refractivity contribution in [2.45, 2.75) is 25.9 Å². The highest BCUT2D eigenvalue weighted by molar-refractivity contribution is 5.22. The van der Waals surface area contributed by atoms with Crippen LogP contribution in [-0.4, -0.2) is 18.3 Å². The molecule has 0 aliphatic rings. The molecule has 96 valence electrons. The smallest absolute Gasteiger partial charge is 0.194 e. The van der Waals surface area contributed by atoms with Crippen molar-refractivity contribution < 1.29 is 23.0 Å². The van der Waals surface area contributed by atoms with E-state index in [1.807, 2.05) is 6.92 Å². The van der Waals surface area contributed by atoms with Crippen LogP contribution >= 0.6 is 0 Å². The molecule has 0 heterocycles. The molecule has 0 aliphatic carbocycles. The van der Waals surface area contributed by atoms with Crippen LogP contribution in [0.15, 0.2) is 12.1 Å². The fraction of sp³-hybridized carbons (Fsp3) is 0.500. The van der Waals surface area contributed by atoms with Crippen LogP contribution in [0.2, 0.25) is 0 Å². The maximum absolute atomic E-state index is 13.3. The number of halogens is 3. The van der Waals surface area contributed by atoms with Gasteiger partial charge in [0.1, 0.15) is 0 Å². The lowest BCUT2D eigenvalue weighted by Crippen LogP contribution is -2.07. The minimum Gasteiger partial charge on any atom is -0.388 e. The maximum atomic E-state index is 13.3. The number of ether oxygens (including phenoxy) is 1. The van der Waals surface area contributed by atoms with Crippen molar-refractivity contribution in [3.63, 3.8) is 0 Å². The Bertz CT molecular complexity index is 369. The highest BCUT2D eigenvalue weighted by atomic mass is 19.2. The molecule has 1 N–H and O–H groups in total. The van der Waals surface area contributed by atoms with Crippen molar-refractivity contribution in [2.24, 2.45) is 0 Å². The lowest BCUT2D eigenvalue weighted by atomic mass is 10.1. The predicted molar refractivity (Wildman–Crippen MR) is 57.0 cm³/mol. The number of aliphatic hydroxyl groups excluding tert-OH is 1. The standard InChI is InChI=1S/C12H15F3O2/c1-2-6-17-7-5-10(16)8-3-4-9(13)12(15)11(8)14/h3-4,10,16H,2,5-7H2,1H3. The van der Waals surface area contributed by atoms with Gasteiger partial charge < -0.3 is 9.84 Å². The summed E-state index contributed by atoms with van der Waals surface area (Å²) >= 11 is 0. The molecule has 2 nitrogen and oxygen atoms in total. The summed E-state index contributed by atoms with van der Waals surface area (Å²) in [6.45, 7) is 2.73. The van der Waals surface area contributed by atoms with Crippen LogP contribution in [0.5, 0.6) is 0 Å². The molecular formula is C12H15F3O2. The van der Waals surface area contributed by atoms with E-state index in [0.717, 1.165) is 18.6 Å². The van der Waals surface area contributed by atoms with Crippen LogP contribution in [0, 0.1) is 17.5 Å². The second-order valence-corrected chi connectivity index (χ2v) is 3.68. The van der Waals surface area contributed by atoms with Crippen molar-refractivity contribution in [3.8, 4) is 0 Å². The summed E-state index contributed by atoms with van der Waals surface area (Å²) in [5.41, 5.74) is -0.246. The first-order chi connectivity index (χ1) is 8.07. The summed E-state index contributed by atoms with van der Waals surface area (Å²) in [4.78, 5) is 0. The second-order valence-electron chi connectivity index (χ2n) is 3.68. The van der Waals surface area contributed by atoms with Crippen molar-refractivity contribution in [3.05, 3.63) is 35.1 Å². The number of hydrogen-bond acceptors (Lipinski definition) is 2. The largest absolute Gasteiger partial charge is 0.388 e. The Balaban J connectivity index is 2.63. The summed E-state index contributed by atoms with van der Waals surface area (Å²) in [6, 6.07) is 1.84. The Hall–Kier alpha value is -1.07. The number of aliphatic hydroxyl groups is 1. The Morgan fingerprint density at radius 1 is 1.18 bits per heavy atom. The van der Waals surface area contributed by atoms with Crippen LogP contribution in [0.1, 0.15) is 31.4 Å². The predicted octanol–water partition coefficient (Wildman–Crippen LogP) is 2.95. The van der Waals surface area contributed by atoms with Crippen molar-refractivity contribution in [1.82, 2.24) is 0 Å². The molecule has 1 unspecified atom stereocenters. The third-order valence-electron chi connectivity index (χ3n) is 2.31. The molecule has 0 saturated heterocycles. The van der Waals surface area contributed by atoms with E-state index in [4.69, 9.17) is 4.74 Å². The van der Waals surface area contributed by atoms with Gasteiger partial charge in [0, 0.05) is 25.2 Å². The topological polar surface area (TPSA) is 29.5 Å². The minimum atomic E-state index is -1.56. The molecule has 1 rings (SSSR count). The van der Waals surface area contributed by atoms with Crippen LogP contribution < -0.4 is 0 Å². The Morgan fingerprint density at radius 3 is 2.53 bits per heavy atom. The summed E-state index contributed by atoms with van der Waals surface area (Å²) in [5.74, 6) is -4.16. The normalized spacial score (nSPS) is 12.8. The van der Waals surface area contributed by atoms with E-state index in [9.17, 15) is 18.3 Å².